The van der Waals surface area contributed by atoms with Gasteiger partial charge in [-0.2, -0.15) is 10.2 Å². The number of halogens is 1. The minimum absolute atomic E-state index is 0.0966. The lowest BCUT2D eigenvalue weighted by Crippen LogP contribution is -2.75. The number of nitrogens with two attached hydrogens (primary N) is 1. The Bertz CT molecular complexity index is 1920. The van der Waals surface area contributed by atoms with E-state index in [1.807, 2.05) is 37.3 Å². The standard InChI is InChI=1S/C33H36FN9O3/c1-17(23-10-19(34)13-42(23)2)45-31-27-30(43(16-37-27)24-12-38-33(24)14-44-15-33)39-29(40-31)26-20-4-3-8-32(28(20)46-41-26)9-7-18-5-6-22(36)21(11-35)25(18)32/h5-6,16-17,19,23-24,38H,3-4,7-10,12-15,36H2,1-2H3/t17-,19+,23-,24+,32-/m0/s1. The van der Waals surface area contributed by atoms with Gasteiger partial charge in [0.05, 0.1) is 42.1 Å². The second-order valence-corrected chi connectivity index (χ2v) is 13.8. The molecule has 5 aliphatic rings. The molecule has 0 radical (unpaired) electrons. The van der Waals surface area contributed by atoms with E-state index in [0.29, 0.717) is 66.0 Å². The van der Waals surface area contributed by atoms with Gasteiger partial charge >= 0.3 is 0 Å². The molecule has 13 heteroatoms. The maximum atomic E-state index is 14.3. The van der Waals surface area contributed by atoms with Crippen LogP contribution in [0.25, 0.3) is 22.7 Å². The van der Waals surface area contributed by atoms with Gasteiger partial charge in [-0.1, -0.05) is 11.2 Å². The molecule has 1 aromatic carbocycles. The smallest absolute Gasteiger partial charge is 0.246 e. The highest BCUT2D eigenvalue weighted by atomic mass is 19.1. The average Bonchev–Trinajstić information content (AvgIpc) is 3.78. The largest absolute Gasteiger partial charge is 0.471 e. The van der Waals surface area contributed by atoms with Crippen molar-refractivity contribution in [1.29, 1.82) is 5.26 Å². The van der Waals surface area contributed by atoms with Crippen LogP contribution in [0.1, 0.15) is 66.7 Å². The van der Waals surface area contributed by atoms with Gasteiger partial charge in [0, 0.05) is 30.4 Å². The molecule has 3 aliphatic heterocycles. The SMILES string of the molecule is C[C@H](Oc1nc(-c2noc3c2CCC[C@@]32CCc3ccc(N)c(C#N)c32)nc2c1ncn2[C@@H]1CNC12COC2)[C@@H]1C[C@@H](F)CN1C. The van der Waals surface area contributed by atoms with Crippen molar-refractivity contribution >= 4 is 16.9 Å². The number of likely N-dealkylation sites (tertiary alicyclic amines) is 1. The van der Waals surface area contributed by atoms with Gasteiger partial charge in [-0.05, 0) is 69.7 Å². The number of anilines is 1. The van der Waals surface area contributed by atoms with E-state index in [0.717, 1.165) is 61.1 Å². The van der Waals surface area contributed by atoms with Gasteiger partial charge in [0.25, 0.3) is 0 Å². The molecule has 0 unspecified atom stereocenters. The molecule has 3 saturated heterocycles. The Hall–Kier alpha value is -4.12. The zero-order valence-corrected chi connectivity index (χ0v) is 25.9. The zero-order chi connectivity index (χ0) is 31.4. The number of nitrogen functional groups attached to an aromatic ring is 1. The Morgan fingerprint density at radius 2 is 2.11 bits per heavy atom. The van der Waals surface area contributed by atoms with E-state index in [4.69, 9.17) is 34.7 Å². The van der Waals surface area contributed by atoms with Crippen LogP contribution in [-0.2, 0) is 23.0 Å². The first-order chi connectivity index (χ1) is 22.3. The number of nitrogens with one attached hydrogen (secondary N) is 1. The molecule has 0 amide bonds. The van der Waals surface area contributed by atoms with E-state index in [1.165, 1.54) is 0 Å². The fraction of sp³-hybridized carbons (Fsp3) is 0.545. The van der Waals surface area contributed by atoms with Crippen molar-refractivity contribution < 1.29 is 18.4 Å². The maximum absolute atomic E-state index is 14.3. The van der Waals surface area contributed by atoms with E-state index in [1.54, 1.807) is 0 Å². The average molecular weight is 626 g/mol. The third-order valence-corrected chi connectivity index (χ3v) is 11.3. The number of nitriles is 1. The fourth-order valence-electron chi connectivity index (χ4n) is 8.80. The van der Waals surface area contributed by atoms with Crippen molar-refractivity contribution in [3.05, 3.63) is 46.5 Å². The van der Waals surface area contributed by atoms with E-state index >= 15 is 0 Å². The monoisotopic (exact) mass is 625 g/mol. The van der Waals surface area contributed by atoms with Crippen molar-refractivity contribution in [1.82, 2.24) is 34.9 Å². The van der Waals surface area contributed by atoms with Crippen LogP contribution in [0, 0.1) is 11.3 Å². The van der Waals surface area contributed by atoms with Gasteiger partial charge in [0.2, 0.25) is 5.88 Å². The number of nitrogens with zero attached hydrogens (tertiary/aromatic N) is 7. The van der Waals surface area contributed by atoms with Crippen molar-refractivity contribution in [3.8, 4) is 23.5 Å². The quantitative estimate of drug-likeness (QED) is 0.314. The number of aryl methyl sites for hydroxylation is 1. The highest BCUT2D eigenvalue weighted by molar-refractivity contribution is 5.79. The summed E-state index contributed by atoms with van der Waals surface area (Å²) in [6.07, 6.45) is 5.15. The minimum Gasteiger partial charge on any atom is -0.471 e. The molecule has 2 spiro atoms. The van der Waals surface area contributed by atoms with E-state index < -0.39 is 11.6 Å². The molecule has 46 heavy (non-hydrogen) atoms. The summed E-state index contributed by atoms with van der Waals surface area (Å²) in [7, 11) is 1.92. The lowest BCUT2D eigenvalue weighted by atomic mass is 9.68. The molecule has 5 atom stereocenters. The molecule has 0 saturated carbocycles. The van der Waals surface area contributed by atoms with E-state index in [-0.39, 0.29) is 23.7 Å². The number of hydrogen-bond acceptors (Lipinski definition) is 11. The van der Waals surface area contributed by atoms with Crippen LogP contribution in [0.3, 0.4) is 0 Å². The predicted molar refractivity (Wildman–Crippen MR) is 165 cm³/mol. The van der Waals surface area contributed by atoms with Crippen LogP contribution in [0.15, 0.2) is 23.0 Å². The van der Waals surface area contributed by atoms with E-state index in [9.17, 15) is 9.65 Å². The number of rotatable bonds is 5. The molecule has 2 aliphatic carbocycles. The first-order valence-corrected chi connectivity index (χ1v) is 16.2. The predicted octanol–water partition coefficient (Wildman–Crippen LogP) is 3.23. The second-order valence-electron chi connectivity index (χ2n) is 13.8. The molecule has 12 nitrogen and oxygen atoms in total. The zero-order valence-electron chi connectivity index (χ0n) is 25.9. The number of benzene rings is 1. The van der Waals surface area contributed by atoms with Crippen LogP contribution in [0.2, 0.25) is 0 Å². The second kappa shape index (κ2) is 9.94. The summed E-state index contributed by atoms with van der Waals surface area (Å²) in [5.74, 6) is 1.53. The first-order valence-electron chi connectivity index (χ1n) is 16.2. The molecule has 9 rings (SSSR count). The third-order valence-electron chi connectivity index (χ3n) is 11.3. The number of alkyl halides is 1. The Labute approximate surface area is 265 Å². The topological polar surface area (TPSA) is 153 Å². The number of ether oxygens (including phenoxy) is 2. The lowest BCUT2D eigenvalue weighted by molar-refractivity contribution is -0.136. The molecule has 238 valence electrons. The van der Waals surface area contributed by atoms with Gasteiger partial charge in [-0.15, -0.1) is 0 Å². The van der Waals surface area contributed by atoms with Gasteiger partial charge < -0.3 is 29.6 Å². The first kappa shape index (κ1) is 28.1. The van der Waals surface area contributed by atoms with E-state index in [2.05, 4.69) is 21.1 Å². The number of likely N-dealkylation sites (N-methyl/N-ethyl adjacent to an activating group) is 1. The highest BCUT2D eigenvalue weighted by Gasteiger charge is 2.54. The van der Waals surface area contributed by atoms with Crippen molar-refractivity contribution in [2.24, 2.45) is 0 Å². The summed E-state index contributed by atoms with van der Waals surface area (Å²) in [5, 5.41) is 18.3. The molecule has 4 aromatic rings. The van der Waals surface area contributed by atoms with Gasteiger partial charge in [0.1, 0.15) is 18.3 Å². The fourth-order valence-corrected chi connectivity index (χ4v) is 8.80. The Morgan fingerprint density at radius 1 is 1.24 bits per heavy atom. The molecule has 0 bridgehead atoms. The molecule has 3 fully saturated rings. The molecular formula is C33H36FN9O3. The van der Waals surface area contributed by atoms with Crippen molar-refractivity contribution in [2.75, 3.05) is 39.1 Å². The summed E-state index contributed by atoms with van der Waals surface area (Å²) in [4.78, 5) is 16.8. The Morgan fingerprint density at radius 3 is 2.83 bits per heavy atom. The van der Waals surface area contributed by atoms with Gasteiger partial charge in [-0.3, -0.25) is 4.90 Å². The summed E-state index contributed by atoms with van der Waals surface area (Å²) < 4.78 is 34.8. The Balaban J connectivity index is 1.17. The lowest BCUT2D eigenvalue weighted by Gasteiger charge is -2.55. The number of imidazole rings is 1. The number of aromatic nitrogens is 5. The molecule has 3 N–H and O–H groups in total. The van der Waals surface area contributed by atoms with Crippen LogP contribution in [-0.4, -0.2) is 86.8 Å². The van der Waals surface area contributed by atoms with Crippen molar-refractivity contribution in [3.63, 3.8) is 0 Å². The van der Waals surface area contributed by atoms with Gasteiger partial charge in [0.15, 0.2) is 28.4 Å². The summed E-state index contributed by atoms with van der Waals surface area (Å²) in [5.41, 5.74) is 11.6. The summed E-state index contributed by atoms with van der Waals surface area (Å²) in [6, 6.07) is 6.26. The number of hydrogen-bond donors (Lipinski definition) is 2. The number of fused-ring (bicyclic) bond motifs is 5. The minimum atomic E-state index is -0.889. The molecule has 3 aromatic heterocycles. The van der Waals surface area contributed by atoms with Crippen LogP contribution < -0.4 is 15.8 Å². The third kappa shape index (κ3) is 3.80. The summed E-state index contributed by atoms with van der Waals surface area (Å²) >= 11 is 0. The summed E-state index contributed by atoms with van der Waals surface area (Å²) in [6.45, 7) is 4.37. The van der Waals surface area contributed by atoms with Crippen LogP contribution in [0.5, 0.6) is 5.88 Å². The normalized spacial score (nSPS) is 28.5. The Kier molecular flexibility index (Phi) is 6.08. The van der Waals surface area contributed by atoms with Crippen LogP contribution in [0.4, 0.5) is 10.1 Å². The van der Waals surface area contributed by atoms with Gasteiger partial charge in [-0.25, -0.2) is 14.4 Å². The molecule has 6 heterocycles. The maximum Gasteiger partial charge on any atom is 0.246 e. The van der Waals surface area contributed by atoms with Crippen molar-refractivity contribution in [2.45, 2.75) is 80.8 Å². The molecular weight excluding hydrogens is 589 g/mol. The highest BCUT2D eigenvalue weighted by Crippen LogP contribution is 2.54. The van der Waals surface area contributed by atoms with Crippen LogP contribution >= 0.6 is 0 Å².